The maximum atomic E-state index is 12.0. The van der Waals surface area contributed by atoms with E-state index in [1.54, 1.807) is 25.3 Å². The van der Waals surface area contributed by atoms with E-state index >= 15 is 0 Å². The Kier molecular flexibility index (Phi) is 6.18. The number of hydrogen-bond acceptors (Lipinski definition) is 4. The fraction of sp³-hybridized carbons (Fsp3) is 0.467. The van der Waals surface area contributed by atoms with Crippen molar-refractivity contribution in [1.82, 2.24) is 10.6 Å². The maximum Gasteiger partial charge on any atom is 0.252 e. The fourth-order valence-corrected chi connectivity index (χ4v) is 2.53. The first kappa shape index (κ1) is 16.7. The molecule has 1 unspecified atom stereocenters. The Morgan fingerprint density at radius 1 is 1.45 bits per heavy atom. The monoisotopic (exact) mass is 325 g/mol. The molecule has 2 amide bonds. The molecule has 1 saturated heterocycles. The molecule has 0 bridgehead atoms. The zero-order valence-electron chi connectivity index (χ0n) is 12.4. The summed E-state index contributed by atoms with van der Waals surface area (Å²) in [5.74, 6) is -0.311. The van der Waals surface area contributed by atoms with Crippen LogP contribution in [0.4, 0.5) is 5.69 Å². The molecule has 2 rings (SSSR count). The summed E-state index contributed by atoms with van der Waals surface area (Å²) >= 11 is 6.12. The number of ether oxygens (including phenoxy) is 1. The fourth-order valence-electron chi connectivity index (χ4n) is 2.26. The molecule has 120 valence electrons. The predicted octanol–water partition coefficient (Wildman–Crippen LogP) is 1.26. The molecule has 0 radical (unpaired) electrons. The molecule has 0 spiro atoms. The van der Waals surface area contributed by atoms with Gasteiger partial charge in [-0.05, 0) is 31.2 Å². The molecule has 0 aromatic heterocycles. The lowest BCUT2D eigenvalue weighted by Crippen LogP contribution is -2.27. The molecule has 6 nitrogen and oxygen atoms in total. The van der Waals surface area contributed by atoms with E-state index in [1.165, 1.54) is 0 Å². The van der Waals surface area contributed by atoms with Crippen molar-refractivity contribution in [3.8, 4) is 0 Å². The standard InChI is InChI=1S/C15H20ClN3O3/c1-22-7-6-18-15(21)12-3-2-11(8-13(12)16)19-14(20)10-4-5-17-9-10/h2-3,8,10,17H,4-7,9H2,1H3,(H,18,21)(H,19,20). The van der Waals surface area contributed by atoms with Crippen molar-refractivity contribution in [2.75, 3.05) is 38.7 Å². The smallest absolute Gasteiger partial charge is 0.252 e. The molecule has 1 aliphatic heterocycles. The minimum atomic E-state index is -0.264. The van der Waals surface area contributed by atoms with Gasteiger partial charge in [0, 0.05) is 25.9 Å². The average Bonchev–Trinajstić information content (AvgIpc) is 3.01. The van der Waals surface area contributed by atoms with Gasteiger partial charge in [0.15, 0.2) is 0 Å². The summed E-state index contributed by atoms with van der Waals surface area (Å²) in [6, 6.07) is 4.87. The van der Waals surface area contributed by atoms with E-state index in [-0.39, 0.29) is 17.7 Å². The molecule has 1 fully saturated rings. The highest BCUT2D eigenvalue weighted by Gasteiger charge is 2.22. The van der Waals surface area contributed by atoms with Gasteiger partial charge in [0.05, 0.1) is 23.1 Å². The summed E-state index contributed by atoms with van der Waals surface area (Å²) in [5, 5.41) is 8.98. The number of nitrogens with one attached hydrogen (secondary N) is 3. The minimum Gasteiger partial charge on any atom is -0.383 e. The highest BCUT2D eigenvalue weighted by molar-refractivity contribution is 6.34. The highest BCUT2D eigenvalue weighted by Crippen LogP contribution is 2.22. The lowest BCUT2D eigenvalue weighted by atomic mass is 10.1. The maximum absolute atomic E-state index is 12.0. The van der Waals surface area contributed by atoms with Crippen molar-refractivity contribution in [1.29, 1.82) is 0 Å². The lowest BCUT2D eigenvalue weighted by molar-refractivity contribution is -0.119. The van der Waals surface area contributed by atoms with E-state index in [4.69, 9.17) is 16.3 Å². The van der Waals surface area contributed by atoms with Gasteiger partial charge in [-0.3, -0.25) is 9.59 Å². The molecular weight excluding hydrogens is 306 g/mol. The van der Waals surface area contributed by atoms with Crippen LogP contribution in [0.2, 0.25) is 5.02 Å². The molecule has 0 saturated carbocycles. The molecule has 1 heterocycles. The van der Waals surface area contributed by atoms with Crippen molar-refractivity contribution < 1.29 is 14.3 Å². The third-order valence-corrected chi connectivity index (χ3v) is 3.82. The summed E-state index contributed by atoms with van der Waals surface area (Å²) in [6.07, 6.45) is 0.833. The summed E-state index contributed by atoms with van der Waals surface area (Å²) in [6.45, 7) is 2.41. The Bertz CT molecular complexity index is 545. The lowest BCUT2D eigenvalue weighted by Gasteiger charge is -2.12. The van der Waals surface area contributed by atoms with Gasteiger partial charge in [-0.1, -0.05) is 11.6 Å². The Hall–Kier alpha value is -1.63. The zero-order chi connectivity index (χ0) is 15.9. The van der Waals surface area contributed by atoms with Crippen molar-refractivity contribution in [3.05, 3.63) is 28.8 Å². The van der Waals surface area contributed by atoms with E-state index in [1.807, 2.05) is 0 Å². The molecule has 0 aliphatic carbocycles. The Balaban J connectivity index is 1.96. The third-order valence-electron chi connectivity index (χ3n) is 3.50. The molecule has 22 heavy (non-hydrogen) atoms. The number of carbonyl (C=O) groups excluding carboxylic acids is 2. The predicted molar refractivity (Wildman–Crippen MR) is 85.3 cm³/mol. The minimum absolute atomic E-state index is 0.0178. The molecule has 1 atom stereocenters. The molecule has 7 heteroatoms. The van der Waals surface area contributed by atoms with E-state index < -0.39 is 0 Å². The van der Waals surface area contributed by atoms with Gasteiger partial charge in [0.1, 0.15) is 0 Å². The highest BCUT2D eigenvalue weighted by atomic mass is 35.5. The van der Waals surface area contributed by atoms with E-state index in [2.05, 4.69) is 16.0 Å². The summed E-state index contributed by atoms with van der Waals surface area (Å²) in [4.78, 5) is 24.0. The van der Waals surface area contributed by atoms with Crippen LogP contribution in [-0.2, 0) is 9.53 Å². The first-order valence-electron chi connectivity index (χ1n) is 7.20. The summed E-state index contributed by atoms with van der Waals surface area (Å²) in [7, 11) is 1.57. The van der Waals surface area contributed by atoms with E-state index in [9.17, 15) is 9.59 Å². The first-order valence-corrected chi connectivity index (χ1v) is 7.58. The summed E-state index contributed by atoms with van der Waals surface area (Å²) < 4.78 is 4.87. The van der Waals surface area contributed by atoms with Crippen LogP contribution in [-0.4, -0.2) is 45.2 Å². The molecule has 1 aliphatic rings. The SMILES string of the molecule is COCCNC(=O)c1ccc(NC(=O)C2CCNC2)cc1Cl. The van der Waals surface area contributed by atoms with Crippen LogP contribution in [0, 0.1) is 5.92 Å². The van der Waals surface area contributed by atoms with E-state index in [0.29, 0.717) is 36.0 Å². The number of amides is 2. The Morgan fingerprint density at radius 3 is 2.91 bits per heavy atom. The van der Waals surface area contributed by atoms with Crippen LogP contribution in [0.15, 0.2) is 18.2 Å². The second-order valence-corrected chi connectivity index (χ2v) is 5.53. The van der Waals surface area contributed by atoms with Crippen LogP contribution in [0.3, 0.4) is 0 Å². The van der Waals surface area contributed by atoms with Gasteiger partial charge in [0.2, 0.25) is 5.91 Å². The van der Waals surface area contributed by atoms with E-state index in [0.717, 1.165) is 13.0 Å². The topological polar surface area (TPSA) is 79.5 Å². The van der Waals surface area contributed by atoms with Crippen molar-refractivity contribution in [2.45, 2.75) is 6.42 Å². The number of halogens is 1. The largest absolute Gasteiger partial charge is 0.383 e. The van der Waals surface area contributed by atoms with Gasteiger partial charge in [-0.2, -0.15) is 0 Å². The normalized spacial score (nSPS) is 17.3. The van der Waals surface area contributed by atoms with Gasteiger partial charge < -0.3 is 20.7 Å². The number of carbonyl (C=O) groups is 2. The van der Waals surface area contributed by atoms with Crippen LogP contribution < -0.4 is 16.0 Å². The third kappa shape index (κ3) is 4.43. The average molecular weight is 326 g/mol. The number of rotatable bonds is 6. The quantitative estimate of drug-likeness (QED) is 0.688. The number of anilines is 1. The molecule has 1 aromatic carbocycles. The Morgan fingerprint density at radius 2 is 2.27 bits per heavy atom. The number of hydrogen-bond donors (Lipinski definition) is 3. The summed E-state index contributed by atoms with van der Waals surface area (Å²) in [5.41, 5.74) is 0.966. The van der Waals surface area contributed by atoms with Gasteiger partial charge in [-0.25, -0.2) is 0 Å². The molecule has 3 N–H and O–H groups in total. The Labute approximate surface area is 134 Å². The zero-order valence-corrected chi connectivity index (χ0v) is 13.2. The molecule has 1 aromatic rings. The van der Waals surface area contributed by atoms with Crippen LogP contribution in [0.5, 0.6) is 0 Å². The van der Waals surface area contributed by atoms with Gasteiger partial charge in [-0.15, -0.1) is 0 Å². The first-order chi connectivity index (χ1) is 10.6. The second kappa shape index (κ2) is 8.12. The van der Waals surface area contributed by atoms with Gasteiger partial charge >= 0.3 is 0 Å². The van der Waals surface area contributed by atoms with Gasteiger partial charge in [0.25, 0.3) is 5.91 Å². The van der Waals surface area contributed by atoms with Crippen LogP contribution >= 0.6 is 11.6 Å². The van der Waals surface area contributed by atoms with Crippen molar-refractivity contribution in [2.24, 2.45) is 5.92 Å². The number of benzene rings is 1. The molecular formula is C15H20ClN3O3. The van der Waals surface area contributed by atoms with Crippen LogP contribution in [0.1, 0.15) is 16.8 Å². The van der Waals surface area contributed by atoms with Crippen molar-refractivity contribution in [3.63, 3.8) is 0 Å². The van der Waals surface area contributed by atoms with Crippen molar-refractivity contribution >= 4 is 29.1 Å². The second-order valence-electron chi connectivity index (χ2n) is 5.12. The number of methoxy groups -OCH3 is 1. The van der Waals surface area contributed by atoms with Crippen LogP contribution in [0.25, 0.3) is 0 Å².